The molecule has 1 N–H and O–H groups in total. The van der Waals surface area contributed by atoms with Crippen molar-refractivity contribution in [1.29, 1.82) is 0 Å². The normalized spacial score (nSPS) is 27.6. The largest absolute Gasteiger partial charge is 0.496 e. The van der Waals surface area contributed by atoms with E-state index in [1.165, 1.54) is 14.2 Å². The van der Waals surface area contributed by atoms with Gasteiger partial charge in [-0.15, -0.1) is 0 Å². The first kappa shape index (κ1) is 29.9. The molecule has 4 heterocycles. The van der Waals surface area contributed by atoms with Crippen molar-refractivity contribution in [2.75, 3.05) is 55.1 Å². The van der Waals surface area contributed by atoms with Gasteiger partial charge in [0.1, 0.15) is 5.75 Å². The van der Waals surface area contributed by atoms with Crippen molar-refractivity contribution in [1.82, 2.24) is 0 Å². The van der Waals surface area contributed by atoms with Gasteiger partial charge in [-0.3, -0.25) is 0 Å². The van der Waals surface area contributed by atoms with Crippen LogP contribution in [0.25, 0.3) is 0 Å². The van der Waals surface area contributed by atoms with Crippen LogP contribution in [-0.2, 0) is 14.2 Å². The Hall–Kier alpha value is -3.81. The number of halogens is 1. The summed E-state index contributed by atoms with van der Waals surface area (Å²) in [6.07, 6.45) is -2.59. The van der Waals surface area contributed by atoms with Crippen LogP contribution in [0.5, 0.6) is 46.0 Å². The molecule has 0 radical (unpaired) electrons. The number of ether oxygens (including phenoxy) is 11. The zero-order valence-corrected chi connectivity index (χ0v) is 25.8. The summed E-state index contributed by atoms with van der Waals surface area (Å²) in [6, 6.07) is 12.6. The third kappa shape index (κ3) is 5.01. The maximum absolute atomic E-state index is 12.0. The zero-order chi connectivity index (χ0) is 31.3. The van der Waals surface area contributed by atoms with Crippen molar-refractivity contribution in [3.8, 4) is 46.0 Å². The lowest BCUT2D eigenvalue weighted by atomic mass is 9.85. The van der Waals surface area contributed by atoms with Crippen LogP contribution in [0.2, 0.25) is 5.02 Å². The number of hydrogen-bond acceptors (Lipinski definition) is 12. The molecule has 0 aromatic heterocycles. The molecule has 12 nitrogen and oxygen atoms in total. The molecule has 240 valence electrons. The molecular weight excluding hydrogens is 612 g/mol. The van der Waals surface area contributed by atoms with E-state index in [1.807, 2.05) is 18.2 Å². The van der Waals surface area contributed by atoms with Gasteiger partial charge in [-0.1, -0.05) is 23.7 Å². The molecule has 4 aliphatic heterocycles. The molecule has 0 unspecified atom stereocenters. The highest BCUT2D eigenvalue weighted by molar-refractivity contribution is 6.30. The van der Waals surface area contributed by atoms with Crippen molar-refractivity contribution in [3.05, 3.63) is 58.6 Å². The topological polar surface area (TPSA) is 122 Å². The van der Waals surface area contributed by atoms with E-state index >= 15 is 0 Å². The standard InChI is InChI=1S/C32H33ClO12/c1-35-13-25-26(16-5-7-17(33)8-6-16)44-22-10-20(36-2)18(9-21(22)43-25)27-19-12-39-31(32(19,34)14-40-27)45-29-23(37-3)11-24-28(30(29)38-4)42-15-41-24/h5-11,19,25-27,31,34H,12-15H2,1-4H3/t19-,25-,26-,27-,31-,32-/m1/s1. The molecule has 0 saturated carbocycles. The van der Waals surface area contributed by atoms with Gasteiger partial charge < -0.3 is 57.2 Å². The van der Waals surface area contributed by atoms with Crippen LogP contribution in [0, 0.1) is 5.92 Å². The van der Waals surface area contributed by atoms with Gasteiger partial charge in [0.25, 0.3) is 0 Å². The summed E-state index contributed by atoms with van der Waals surface area (Å²) in [5.74, 6) is 2.64. The molecule has 0 bridgehead atoms. The summed E-state index contributed by atoms with van der Waals surface area (Å²) in [4.78, 5) is 0. The molecule has 7 rings (SSSR count). The van der Waals surface area contributed by atoms with Crippen LogP contribution in [0.1, 0.15) is 23.3 Å². The van der Waals surface area contributed by atoms with E-state index in [0.29, 0.717) is 45.1 Å². The highest BCUT2D eigenvalue weighted by Gasteiger charge is 2.61. The minimum absolute atomic E-state index is 0.0329. The minimum Gasteiger partial charge on any atom is -0.496 e. The summed E-state index contributed by atoms with van der Waals surface area (Å²) in [5.41, 5.74) is 0.0433. The van der Waals surface area contributed by atoms with Gasteiger partial charge in [0, 0.05) is 29.8 Å². The Morgan fingerprint density at radius 3 is 2.33 bits per heavy atom. The molecule has 4 aliphatic rings. The van der Waals surface area contributed by atoms with E-state index in [0.717, 1.165) is 5.56 Å². The van der Waals surface area contributed by atoms with Gasteiger partial charge in [0.15, 0.2) is 40.8 Å². The SMILES string of the molecule is COC[C@H]1Oc2cc([C@H]3OC[C@]4(O)[C@@H](Oc5c(OC)cc6c(c5OC)OCO6)OC[C@H]34)c(OC)cc2O[C@@H]1c1ccc(Cl)cc1. The van der Waals surface area contributed by atoms with E-state index in [1.54, 1.807) is 38.5 Å². The van der Waals surface area contributed by atoms with Gasteiger partial charge in [-0.2, -0.15) is 0 Å². The number of fused-ring (bicyclic) bond motifs is 3. The summed E-state index contributed by atoms with van der Waals surface area (Å²) >= 11 is 6.11. The molecule has 0 aliphatic carbocycles. The predicted molar refractivity (Wildman–Crippen MR) is 157 cm³/mol. The Kier molecular flexibility index (Phi) is 7.86. The van der Waals surface area contributed by atoms with Crippen LogP contribution >= 0.6 is 11.6 Å². The average molecular weight is 645 g/mol. The smallest absolute Gasteiger partial charge is 0.232 e. The molecule has 45 heavy (non-hydrogen) atoms. The summed E-state index contributed by atoms with van der Waals surface area (Å²) in [5, 5.41) is 12.6. The van der Waals surface area contributed by atoms with E-state index in [4.69, 9.17) is 63.7 Å². The molecule has 3 aromatic carbocycles. The molecule has 2 fully saturated rings. The highest BCUT2D eigenvalue weighted by atomic mass is 35.5. The van der Waals surface area contributed by atoms with Crippen LogP contribution in [0.3, 0.4) is 0 Å². The van der Waals surface area contributed by atoms with Gasteiger partial charge in [-0.25, -0.2) is 0 Å². The summed E-state index contributed by atoms with van der Waals surface area (Å²) < 4.78 is 64.9. The second-order valence-corrected chi connectivity index (χ2v) is 11.5. The lowest BCUT2D eigenvalue weighted by Gasteiger charge is -2.35. The monoisotopic (exact) mass is 644 g/mol. The average Bonchev–Trinajstić information content (AvgIpc) is 3.74. The first-order valence-electron chi connectivity index (χ1n) is 14.3. The lowest BCUT2D eigenvalue weighted by molar-refractivity contribution is -0.153. The van der Waals surface area contributed by atoms with Gasteiger partial charge in [0.2, 0.25) is 30.3 Å². The third-order valence-electron chi connectivity index (χ3n) is 8.53. The minimum atomic E-state index is -1.52. The highest BCUT2D eigenvalue weighted by Crippen LogP contribution is 2.56. The van der Waals surface area contributed by atoms with Crippen molar-refractivity contribution in [2.24, 2.45) is 5.92 Å². The lowest BCUT2D eigenvalue weighted by Crippen LogP contribution is -2.47. The van der Waals surface area contributed by atoms with Crippen molar-refractivity contribution in [3.63, 3.8) is 0 Å². The van der Waals surface area contributed by atoms with E-state index in [9.17, 15) is 5.11 Å². The van der Waals surface area contributed by atoms with Crippen molar-refractivity contribution >= 4 is 11.6 Å². The number of rotatable bonds is 9. The molecule has 0 amide bonds. The van der Waals surface area contributed by atoms with Crippen LogP contribution < -0.4 is 37.9 Å². The quantitative estimate of drug-likeness (QED) is 0.354. The Morgan fingerprint density at radius 1 is 0.844 bits per heavy atom. The van der Waals surface area contributed by atoms with Crippen molar-refractivity contribution in [2.45, 2.75) is 30.2 Å². The number of benzene rings is 3. The molecular formula is C32H33ClO12. The first-order valence-corrected chi connectivity index (χ1v) is 14.7. The van der Waals surface area contributed by atoms with Crippen LogP contribution in [0.15, 0.2) is 42.5 Å². The van der Waals surface area contributed by atoms with E-state index < -0.39 is 36.1 Å². The second-order valence-electron chi connectivity index (χ2n) is 11.0. The Bertz CT molecular complexity index is 1560. The van der Waals surface area contributed by atoms with Gasteiger partial charge in [-0.05, 0) is 23.8 Å². The second kappa shape index (κ2) is 11.8. The van der Waals surface area contributed by atoms with Crippen LogP contribution in [0.4, 0.5) is 0 Å². The molecule has 13 heteroatoms. The number of aliphatic hydroxyl groups is 1. The fourth-order valence-electron chi connectivity index (χ4n) is 6.29. The zero-order valence-electron chi connectivity index (χ0n) is 25.1. The maximum Gasteiger partial charge on any atom is 0.232 e. The van der Waals surface area contributed by atoms with Crippen molar-refractivity contribution < 1.29 is 57.2 Å². The summed E-state index contributed by atoms with van der Waals surface area (Å²) in [7, 11) is 6.15. The Labute approximate surface area is 264 Å². The predicted octanol–water partition coefficient (Wildman–Crippen LogP) is 4.48. The molecule has 0 spiro atoms. The maximum atomic E-state index is 12.0. The van der Waals surface area contributed by atoms with Gasteiger partial charge in [0.05, 0.1) is 53.2 Å². The molecule has 3 aromatic rings. The fraction of sp³-hybridized carbons (Fsp3) is 0.438. The third-order valence-corrected chi connectivity index (χ3v) is 8.78. The van der Waals surface area contributed by atoms with Gasteiger partial charge >= 0.3 is 0 Å². The number of methoxy groups -OCH3 is 4. The molecule has 2 saturated heterocycles. The fourth-order valence-corrected chi connectivity index (χ4v) is 6.41. The Morgan fingerprint density at radius 2 is 1.60 bits per heavy atom. The Balaban J connectivity index is 1.17. The summed E-state index contributed by atoms with van der Waals surface area (Å²) in [6.45, 7) is 0.398. The van der Waals surface area contributed by atoms with E-state index in [-0.39, 0.29) is 38.1 Å². The number of hydrogen-bond donors (Lipinski definition) is 1. The molecule has 6 atom stereocenters. The first-order chi connectivity index (χ1) is 21.9. The van der Waals surface area contributed by atoms with E-state index in [2.05, 4.69) is 0 Å². The van der Waals surface area contributed by atoms with Crippen LogP contribution in [-0.4, -0.2) is 78.2 Å².